The molecule has 0 saturated heterocycles. The molecule has 1 N–H and O–H groups in total. The molecule has 106 valence electrons. The summed E-state index contributed by atoms with van der Waals surface area (Å²) in [5.41, 5.74) is 0. The van der Waals surface area contributed by atoms with Gasteiger partial charge in [-0.2, -0.15) is 4.98 Å². The normalized spacial score (nSPS) is 15.1. The molecule has 0 aromatic carbocycles. The zero-order chi connectivity index (χ0) is 13.5. The quantitative estimate of drug-likeness (QED) is 0.783. The van der Waals surface area contributed by atoms with Crippen molar-refractivity contribution in [2.75, 3.05) is 25.6 Å². The highest BCUT2D eigenvalue weighted by molar-refractivity contribution is 5.38. The number of ether oxygens (including phenoxy) is 2. The minimum Gasteiger partial charge on any atom is -0.478 e. The summed E-state index contributed by atoms with van der Waals surface area (Å²) in [4.78, 5) is 8.70. The molecule has 1 heterocycles. The van der Waals surface area contributed by atoms with E-state index in [4.69, 9.17) is 9.47 Å². The van der Waals surface area contributed by atoms with Crippen molar-refractivity contribution < 1.29 is 9.47 Å². The molecule has 0 unspecified atom stereocenters. The first-order chi connectivity index (χ1) is 9.31. The number of nitrogens with zero attached hydrogens (tertiary/aromatic N) is 2. The number of nitrogens with one attached hydrogen (secondary N) is 1. The van der Waals surface area contributed by atoms with Gasteiger partial charge in [-0.05, 0) is 19.3 Å². The molecule has 1 aliphatic rings. The average Bonchev–Trinajstić information content (AvgIpc) is 2.33. The summed E-state index contributed by atoms with van der Waals surface area (Å²) in [6.45, 7) is 4.00. The van der Waals surface area contributed by atoms with Gasteiger partial charge >= 0.3 is 0 Å². The summed E-state index contributed by atoms with van der Waals surface area (Å²) < 4.78 is 10.8. The second-order valence-corrected chi connectivity index (χ2v) is 4.91. The third-order valence-electron chi connectivity index (χ3n) is 3.38. The van der Waals surface area contributed by atoms with Crippen LogP contribution in [0.1, 0.15) is 38.4 Å². The highest BCUT2D eigenvalue weighted by Crippen LogP contribution is 2.29. The maximum absolute atomic E-state index is 5.74. The summed E-state index contributed by atoms with van der Waals surface area (Å²) in [5.74, 6) is 2.94. The number of aromatic nitrogens is 2. The Balaban J connectivity index is 1.92. The smallest absolute Gasteiger partial charge is 0.218 e. The number of anilines is 1. The second-order valence-electron chi connectivity index (χ2n) is 4.91. The Labute approximate surface area is 114 Å². The van der Waals surface area contributed by atoms with Crippen LogP contribution in [0.25, 0.3) is 0 Å². The summed E-state index contributed by atoms with van der Waals surface area (Å²) in [5, 5.41) is 3.18. The lowest BCUT2D eigenvalue weighted by atomic mass is 9.83. The Hall–Kier alpha value is -1.36. The van der Waals surface area contributed by atoms with Crippen LogP contribution in [0, 0.1) is 5.92 Å². The van der Waals surface area contributed by atoms with E-state index in [9.17, 15) is 0 Å². The number of hydrogen-bond acceptors (Lipinski definition) is 5. The molecule has 1 aromatic heterocycles. The minimum atomic E-state index is 0.401. The van der Waals surface area contributed by atoms with Crippen molar-refractivity contribution in [3.8, 4) is 5.88 Å². The molecule has 0 radical (unpaired) electrons. The van der Waals surface area contributed by atoms with Crippen molar-refractivity contribution in [3.63, 3.8) is 0 Å². The van der Waals surface area contributed by atoms with Crippen molar-refractivity contribution in [1.82, 2.24) is 9.97 Å². The van der Waals surface area contributed by atoms with Gasteiger partial charge in [-0.15, -0.1) is 0 Å². The van der Waals surface area contributed by atoms with Gasteiger partial charge < -0.3 is 14.8 Å². The van der Waals surface area contributed by atoms with E-state index in [1.165, 1.54) is 19.3 Å². The Morgan fingerprint density at radius 2 is 2.21 bits per heavy atom. The van der Waals surface area contributed by atoms with Gasteiger partial charge in [-0.25, -0.2) is 4.98 Å². The lowest BCUT2D eigenvalue weighted by molar-refractivity contribution is 0.175. The summed E-state index contributed by atoms with van der Waals surface area (Å²) in [7, 11) is 1.64. The maximum Gasteiger partial charge on any atom is 0.218 e. The molecule has 0 bridgehead atoms. The second kappa shape index (κ2) is 7.28. The molecular weight excluding hydrogens is 242 g/mol. The predicted molar refractivity (Wildman–Crippen MR) is 74.4 cm³/mol. The number of methoxy groups -OCH3 is 1. The fourth-order valence-corrected chi connectivity index (χ4v) is 2.12. The fraction of sp³-hybridized carbons (Fsp3) is 0.714. The first-order valence-electron chi connectivity index (χ1n) is 7.05. The van der Waals surface area contributed by atoms with Gasteiger partial charge in [-0.3, -0.25) is 0 Å². The highest BCUT2D eigenvalue weighted by Gasteiger charge is 2.17. The molecule has 2 rings (SSSR count). The van der Waals surface area contributed by atoms with Gasteiger partial charge in [0.15, 0.2) is 5.82 Å². The van der Waals surface area contributed by atoms with E-state index >= 15 is 0 Å². The Bertz CT molecular complexity index is 370. The van der Waals surface area contributed by atoms with Crippen LogP contribution in [0.15, 0.2) is 6.07 Å². The number of hydrogen-bond donors (Lipinski definition) is 1. The highest BCUT2D eigenvalue weighted by atomic mass is 16.5. The molecule has 1 aliphatic carbocycles. The summed E-state index contributed by atoms with van der Waals surface area (Å²) in [6.07, 6.45) is 5.20. The Kier molecular flexibility index (Phi) is 5.39. The van der Waals surface area contributed by atoms with Crippen LogP contribution < -0.4 is 10.1 Å². The van der Waals surface area contributed by atoms with E-state index < -0.39 is 0 Å². The Morgan fingerprint density at radius 3 is 2.84 bits per heavy atom. The molecule has 1 aromatic rings. The molecule has 0 aliphatic heterocycles. The monoisotopic (exact) mass is 265 g/mol. The van der Waals surface area contributed by atoms with Crippen molar-refractivity contribution in [2.24, 2.45) is 5.92 Å². The van der Waals surface area contributed by atoms with Crippen molar-refractivity contribution >= 4 is 5.82 Å². The summed E-state index contributed by atoms with van der Waals surface area (Å²) in [6, 6.07) is 1.85. The number of rotatable bonds is 8. The van der Waals surface area contributed by atoms with E-state index in [0.717, 1.165) is 31.3 Å². The third kappa shape index (κ3) is 4.35. The standard InChI is InChI=1S/C14H23N3O2/c1-3-15-12-9-14(17-13(16-12)10-18-2)19-8-7-11-5-4-6-11/h9,11H,3-8,10H2,1-2H3,(H,15,16,17). The van der Waals surface area contributed by atoms with E-state index in [-0.39, 0.29) is 0 Å². The summed E-state index contributed by atoms with van der Waals surface area (Å²) >= 11 is 0. The van der Waals surface area contributed by atoms with Crippen LogP contribution in [-0.4, -0.2) is 30.2 Å². The first-order valence-corrected chi connectivity index (χ1v) is 7.05. The zero-order valence-corrected chi connectivity index (χ0v) is 11.8. The van der Waals surface area contributed by atoms with Crippen molar-refractivity contribution in [1.29, 1.82) is 0 Å². The van der Waals surface area contributed by atoms with E-state index in [0.29, 0.717) is 18.3 Å². The van der Waals surface area contributed by atoms with Crippen LogP contribution >= 0.6 is 0 Å². The maximum atomic E-state index is 5.74. The Morgan fingerprint density at radius 1 is 1.37 bits per heavy atom. The molecule has 0 amide bonds. The van der Waals surface area contributed by atoms with Gasteiger partial charge in [0, 0.05) is 19.7 Å². The van der Waals surface area contributed by atoms with Crippen molar-refractivity contribution in [2.45, 2.75) is 39.2 Å². The molecule has 19 heavy (non-hydrogen) atoms. The van der Waals surface area contributed by atoms with E-state index in [2.05, 4.69) is 15.3 Å². The zero-order valence-electron chi connectivity index (χ0n) is 11.8. The lowest BCUT2D eigenvalue weighted by Gasteiger charge is -2.24. The molecule has 1 saturated carbocycles. The third-order valence-corrected chi connectivity index (χ3v) is 3.38. The minimum absolute atomic E-state index is 0.401. The van der Waals surface area contributed by atoms with Crippen LogP contribution in [0.2, 0.25) is 0 Å². The van der Waals surface area contributed by atoms with Crippen LogP contribution in [0.4, 0.5) is 5.82 Å². The molecule has 0 atom stereocenters. The predicted octanol–water partition coefficient (Wildman–Crippen LogP) is 2.62. The molecule has 5 heteroatoms. The van der Waals surface area contributed by atoms with Gasteiger partial charge in [0.2, 0.25) is 5.88 Å². The molecule has 0 spiro atoms. The molecule has 1 fully saturated rings. The molecule has 5 nitrogen and oxygen atoms in total. The van der Waals surface area contributed by atoms with Crippen LogP contribution in [-0.2, 0) is 11.3 Å². The first kappa shape index (κ1) is 14.1. The average molecular weight is 265 g/mol. The van der Waals surface area contributed by atoms with E-state index in [1.807, 2.05) is 13.0 Å². The van der Waals surface area contributed by atoms with Gasteiger partial charge in [-0.1, -0.05) is 19.3 Å². The topological polar surface area (TPSA) is 56.3 Å². The van der Waals surface area contributed by atoms with Gasteiger partial charge in [0.1, 0.15) is 12.4 Å². The van der Waals surface area contributed by atoms with Crippen LogP contribution in [0.5, 0.6) is 5.88 Å². The van der Waals surface area contributed by atoms with E-state index in [1.54, 1.807) is 7.11 Å². The fourth-order valence-electron chi connectivity index (χ4n) is 2.12. The van der Waals surface area contributed by atoms with Gasteiger partial charge in [0.25, 0.3) is 0 Å². The van der Waals surface area contributed by atoms with Crippen LogP contribution in [0.3, 0.4) is 0 Å². The largest absolute Gasteiger partial charge is 0.478 e. The van der Waals surface area contributed by atoms with Crippen molar-refractivity contribution in [3.05, 3.63) is 11.9 Å². The molecular formula is C14H23N3O2. The SMILES string of the molecule is CCNc1cc(OCCC2CCC2)nc(COC)n1. The lowest BCUT2D eigenvalue weighted by Crippen LogP contribution is -2.15. The van der Waals surface area contributed by atoms with Gasteiger partial charge in [0.05, 0.1) is 6.61 Å².